The molecule has 1 aliphatic rings. The zero-order chi connectivity index (χ0) is 13.1. The van der Waals surface area contributed by atoms with Gasteiger partial charge in [0.05, 0.1) is 0 Å². The van der Waals surface area contributed by atoms with Gasteiger partial charge in [0, 0.05) is 21.5 Å². The summed E-state index contributed by atoms with van der Waals surface area (Å²) in [6.07, 6.45) is 0. The fourth-order valence-electron chi connectivity index (χ4n) is 2.78. The normalized spacial score (nSPS) is 15.3. The first kappa shape index (κ1) is 11.6. The molecule has 0 atom stereocenters. The molecule has 3 heteroatoms. The lowest BCUT2D eigenvalue weighted by atomic mass is 9.82. The summed E-state index contributed by atoms with van der Waals surface area (Å²) in [4.78, 5) is 0. The van der Waals surface area contributed by atoms with Crippen molar-refractivity contribution in [1.82, 2.24) is 0 Å². The Hall–Kier alpha value is -1.48. The maximum atomic E-state index is 10.1. The highest BCUT2D eigenvalue weighted by molar-refractivity contribution is 9.10. The fraction of sp³-hybridized carbons (Fsp3) is 0.200. The highest BCUT2D eigenvalue weighted by atomic mass is 79.9. The van der Waals surface area contributed by atoms with Crippen LogP contribution in [0.4, 0.5) is 0 Å². The van der Waals surface area contributed by atoms with Gasteiger partial charge in [-0.15, -0.1) is 0 Å². The number of phenolic OH excluding ortho intramolecular Hbond substituents is 2. The molecule has 1 aliphatic carbocycles. The summed E-state index contributed by atoms with van der Waals surface area (Å²) in [5.74, 6) is 0.241. The zero-order valence-corrected chi connectivity index (χ0v) is 11.7. The Kier molecular flexibility index (Phi) is 2.26. The highest BCUT2D eigenvalue weighted by Crippen LogP contribution is 2.53. The van der Waals surface area contributed by atoms with Gasteiger partial charge in [0.15, 0.2) is 0 Å². The molecular formula is C15H13BrO2. The number of hydrogen-bond acceptors (Lipinski definition) is 2. The molecule has 92 valence electrons. The summed E-state index contributed by atoms with van der Waals surface area (Å²) in [6.45, 7) is 4.20. The molecule has 2 aromatic carbocycles. The van der Waals surface area contributed by atoms with E-state index in [1.165, 1.54) is 6.07 Å². The van der Waals surface area contributed by atoms with Crippen molar-refractivity contribution >= 4 is 15.9 Å². The molecule has 0 bridgehead atoms. The van der Waals surface area contributed by atoms with Crippen LogP contribution in [0, 0.1) is 0 Å². The van der Waals surface area contributed by atoms with E-state index in [1.54, 1.807) is 6.07 Å². The van der Waals surface area contributed by atoms with Gasteiger partial charge in [-0.05, 0) is 34.9 Å². The third-order valence-electron chi connectivity index (χ3n) is 3.70. The van der Waals surface area contributed by atoms with Crippen LogP contribution in [0.25, 0.3) is 11.1 Å². The molecule has 0 spiro atoms. The second kappa shape index (κ2) is 3.51. The van der Waals surface area contributed by atoms with Crippen molar-refractivity contribution in [3.63, 3.8) is 0 Å². The van der Waals surface area contributed by atoms with Crippen LogP contribution in [-0.2, 0) is 5.41 Å². The Morgan fingerprint density at radius 3 is 2.44 bits per heavy atom. The monoisotopic (exact) mass is 304 g/mol. The van der Waals surface area contributed by atoms with Crippen molar-refractivity contribution in [2.24, 2.45) is 0 Å². The van der Waals surface area contributed by atoms with Gasteiger partial charge in [-0.3, -0.25) is 0 Å². The summed E-state index contributed by atoms with van der Waals surface area (Å²) in [5.41, 5.74) is 3.78. The first-order valence-electron chi connectivity index (χ1n) is 5.78. The first-order chi connectivity index (χ1) is 8.41. The number of aromatic hydroxyl groups is 2. The Morgan fingerprint density at radius 1 is 1.00 bits per heavy atom. The summed E-state index contributed by atoms with van der Waals surface area (Å²) >= 11 is 3.48. The third-order valence-corrected chi connectivity index (χ3v) is 4.19. The lowest BCUT2D eigenvalue weighted by Gasteiger charge is -2.21. The van der Waals surface area contributed by atoms with E-state index in [-0.39, 0.29) is 16.9 Å². The summed E-state index contributed by atoms with van der Waals surface area (Å²) in [6, 6.07) is 9.18. The van der Waals surface area contributed by atoms with E-state index in [9.17, 15) is 10.2 Å². The van der Waals surface area contributed by atoms with Crippen LogP contribution in [0.15, 0.2) is 34.8 Å². The molecule has 0 radical (unpaired) electrons. The maximum absolute atomic E-state index is 10.1. The molecule has 0 saturated carbocycles. The average Bonchev–Trinajstić information content (AvgIpc) is 2.49. The van der Waals surface area contributed by atoms with Gasteiger partial charge in [0.1, 0.15) is 11.5 Å². The van der Waals surface area contributed by atoms with Gasteiger partial charge in [-0.2, -0.15) is 0 Å². The van der Waals surface area contributed by atoms with Gasteiger partial charge >= 0.3 is 0 Å². The second-order valence-corrected chi connectivity index (χ2v) is 6.12. The number of rotatable bonds is 0. The van der Waals surface area contributed by atoms with Gasteiger partial charge in [0.2, 0.25) is 0 Å². The SMILES string of the molecule is CC1(C)c2cc(Br)ccc2-c2c(O)cc(O)cc21. The maximum Gasteiger partial charge on any atom is 0.127 e. The van der Waals surface area contributed by atoms with Crippen molar-refractivity contribution in [2.75, 3.05) is 0 Å². The second-order valence-electron chi connectivity index (χ2n) is 5.20. The predicted octanol–water partition coefficient (Wildman–Crippen LogP) is 4.17. The van der Waals surface area contributed by atoms with Crippen LogP contribution in [-0.4, -0.2) is 10.2 Å². The van der Waals surface area contributed by atoms with Crippen LogP contribution < -0.4 is 0 Å². The van der Waals surface area contributed by atoms with E-state index in [0.717, 1.165) is 26.7 Å². The quantitative estimate of drug-likeness (QED) is 0.767. The van der Waals surface area contributed by atoms with Crippen molar-refractivity contribution in [3.8, 4) is 22.6 Å². The number of hydrogen-bond donors (Lipinski definition) is 2. The van der Waals surface area contributed by atoms with Crippen molar-refractivity contribution in [2.45, 2.75) is 19.3 Å². The molecule has 0 saturated heterocycles. The fourth-order valence-corrected chi connectivity index (χ4v) is 3.15. The van der Waals surface area contributed by atoms with E-state index in [4.69, 9.17) is 0 Å². The zero-order valence-electron chi connectivity index (χ0n) is 10.2. The van der Waals surface area contributed by atoms with Gasteiger partial charge in [-0.1, -0.05) is 35.8 Å². The van der Waals surface area contributed by atoms with Gasteiger partial charge in [-0.25, -0.2) is 0 Å². The molecule has 3 rings (SSSR count). The predicted molar refractivity (Wildman–Crippen MR) is 75.0 cm³/mol. The summed E-state index contributed by atoms with van der Waals surface area (Å²) in [7, 11) is 0. The molecule has 2 N–H and O–H groups in total. The molecular weight excluding hydrogens is 292 g/mol. The van der Waals surface area contributed by atoms with Gasteiger partial charge in [0.25, 0.3) is 0 Å². The Bertz CT molecular complexity index is 660. The highest BCUT2D eigenvalue weighted by Gasteiger charge is 2.37. The summed E-state index contributed by atoms with van der Waals surface area (Å²) in [5, 5.41) is 19.8. The molecule has 0 unspecified atom stereocenters. The van der Waals surface area contributed by atoms with Crippen LogP contribution in [0.1, 0.15) is 25.0 Å². The third kappa shape index (κ3) is 1.40. The standard InChI is InChI=1S/C15H13BrO2/c1-15(2)11-5-8(16)3-4-10(11)14-12(15)6-9(17)7-13(14)18/h3-7,17-18H,1-2H3. The van der Waals surface area contributed by atoms with E-state index in [1.807, 2.05) is 12.1 Å². The van der Waals surface area contributed by atoms with E-state index >= 15 is 0 Å². The lowest BCUT2D eigenvalue weighted by Crippen LogP contribution is -2.14. The molecule has 0 heterocycles. The Morgan fingerprint density at radius 2 is 1.72 bits per heavy atom. The van der Waals surface area contributed by atoms with Crippen molar-refractivity contribution in [3.05, 3.63) is 45.9 Å². The molecule has 18 heavy (non-hydrogen) atoms. The number of phenols is 2. The Labute approximate surface area is 114 Å². The minimum absolute atomic E-state index is 0.103. The van der Waals surface area contributed by atoms with Gasteiger partial charge < -0.3 is 10.2 Å². The molecule has 0 fully saturated rings. The lowest BCUT2D eigenvalue weighted by molar-refractivity contribution is 0.449. The molecule has 0 aromatic heterocycles. The van der Waals surface area contributed by atoms with E-state index in [2.05, 4.69) is 35.8 Å². The minimum Gasteiger partial charge on any atom is -0.508 e. The van der Waals surface area contributed by atoms with Crippen molar-refractivity contribution < 1.29 is 10.2 Å². The van der Waals surface area contributed by atoms with E-state index < -0.39 is 0 Å². The van der Waals surface area contributed by atoms with E-state index in [0.29, 0.717) is 0 Å². The average molecular weight is 305 g/mol. The first-order valence-corrected chi connectivity index (χ1v) is 6.57. The van der Waals surface area contributed by atoms with Crippen LogP contribution in [0.2, 0.25) is 0 Å². The van der Waals surface area contributed by atoms with Crippen LogP contribution in [0.5, 0.6) is 11.5 Å². The number of halogens is 1. The molecule has 0 aliphatic heterocycles. The molecule has 2 nitrogen and oxygen atoms in total. The molecule has 0 amide bonds. The Balaban J connectivity index is 2.42. The molecule has 2 aromatic rings. The van der Waals surface area contributed by atoms with Crippen LogP contribution in [0.3, 0.4) is 0 Å². The minimum atomic E-state index is -0.218. The smallest absolute Gasteiger partial charge is 0.127 e. The van der Waals surface area contributed by atoms with Crippen molar-refractivity contribution in [1.29, 1.82) is 0 Å². The largest absolute Gasteiger partial charge is 0.508 e. The van der Waals surface area contributed by atoms with Crippen LogP contribution >= 0.6 is 15.9 Å². The summed E-state index contributed by atoms with van der Waals surface area (Å²) < 4.78 is 1.02. The topological polar surface area (TPSA) is 40.5 Å². The number of benzene rings is 2. The number of fused-ring (bicyclic) bond motifs is 3.